The Labute approximate surface area is 165 Å². The first-order valence-electron chi connectivity index (χ1n) is 9.28. The van der Waals surface area contributed by atoms with E-state index in [4.69, 9.17) is 14.2 Å². The molecular weight excluding hydrogens is 358 g/mol. The van der Waals surface area contributed by atoms with Crippen molar-refractivity contribution in [2.45, 2.75) is 24.9 Å². The van der Waals surface area contributed by atoms with E-state index in [1.807, 2.05) is 42.5 Å². The molecule has 1 aliphatic rings. The van der Waals surface area contributed by atoms with Gasteiger partial charge >= 0.3 is 0 Å². The van der Waals surface area contributed by atoms with E-state index < -0.39 is 0 Å². The van der Waals surface area contributed by atoms with Crippen molar-refractivity contribution in [3.63, 3.8) is 0 Å². The van der Waals surface area contributed by atoms with E-state index in [0.717, 1.165) is 16.9 Å². The smallest absolute Gasteiger partial charge is 0.238 e. The Balaban J connectivity index is 1.47. The third-order valence-corrected chi connectivity index (χ3v) is 4.90. The molecule has 3 N–H and O–H groups in total. The molecule has 2 unspecified atom stereocenters. The normalized spacial score (nSPS) is 18.5. The number of nitrogens with one attached hydrogen (secondary N) is 3. The number of hydrazine groups is 1. The molecule has 0 spiro atoms. The van der Waals surface area contributed by atoms with Crippen molar-refractivity contribution < 1.29 is 19.0 Å². The molecule has 1 heterocycles. The van der Waals surface area contributed by atoms with Crippen LogP contribution in [-0.4, -0.2) is 39.8 Å². The molecule has 7 nitrogen and oxygen atoms in total. The third-order valence-electron chi connectivity index (χ3n) is 4.90. The summed E-state index contributed by atoms with van der Waals surface area (Å²) in [5, 5.41) is 3.00. The first-order valence-corrected chi connectivity index (χ1v) is 9.28. The van der Waals surface area contributed by atoms with Crippen LogP contribution in [0.15, 0.2) is 42.5 Å². The number of hydrogen-bond acceptors (Lipinski definition) is 6. The highest BCUT2D eigenvalue weighted by Gasteiger charge is 2.29. The maximum atomic E-state index is 12.5. The molecule has 0 aliphatic carbocycles. The number of hydrogen-bond donors (Lipinski definition) is 3. The average molecular weight is 385 g/mol. The quantitative estimate of drug-likeness (QED) is 0.645. The summed E-state index contributed by atoms with van der Waals surface area (Å²) in [5.74, 6) is 2.19. The van der Waals surface area contributed by atoms with Crippen LogP contribution in [0.1, 0.15) is 23.6 Å². The van der Waals surface area contributed by atoms with E-state index in [1.165, 1.54) is 0 Å². The van der Waals surface area contributed by atoms with Crippen LogP contribution in [0.3, 0.4) is 0 Å². The summed E-state index contributed by atoms with van der Waals surface area (Å²) in [6.07, 6.45) is 1.41. The van der Waals surface area contributed by atoms with Gasteiger partial charge in [-0.15, -0.1) is 0 Å². The highest BCUT2D eigenvalue weighted by molar-refractivity contribution is 5.82. The lowest BCUT2D eigenvalue weighted by atomic mass is 10.0. The van der Waals surface area contributed by atoms with E-state index in [0.29, 0.717) is 30.9 Å². The van der Waals surface area contributed by atoms with Crippen molar-refractivity contribution >= 4 is 5.91 Å². The van der Waals surface area contributed by atoms with E-state index in [-0.39, 0.29) is 18.0 Å². The number of benzene rings is 2. The molecule has 0 bridgehead atoms. The number of carbonyl (C=O) groups excluding carboxylic acids is 1. The molecule has 7 heteroatoms. The summed E-state index contributed by atoms with van der Waals surface area (Å²) in [4.78, 5) is 12.5. The number of carbonyl (C=O) groups is 1. The van der Waals surface area contributed by atoms with Crippen LogP contribution in [-0.2, 0) is 11.2 Å². The molecule has 1 fully saturated rings. The van der Waals surface area contributed by atoms with Crippen molar-refractivity contribution in [1.82, 2.24) is 16.2 Å². The summed E-state index contributed by atoms with van der Waals surface area (Å²) in [6, 6.07) is 13.5. The van der Waals surface area contributed by atoms with Crippen LogP contribution in [0, 0.1) is 0 Å². The summed E-state index contributed by atoms with van der Waals surface area (Å²) < 4.78 is 15.7. The highest BCUT2D eigenvalue weighted by atomic mass is 16.5. The molecule has 0 saturated carbocycles. The average Bonchev–Trinajstić information content (AvgIpc) is 3.24. The van der Waals surface area contributed by atoms with Crippen LogP contribution < -0.4 is 30.4 Å². The van der Waals surface area contributed by atoms with Crippen LogP contribution in [0.25, 0.3) is 0 Å². The van der Waals surface area contributed by atoms with Gasteiger partial charge in [0.2, 0.25) is 5.91 Å². The van der Waals surface area contributed by atoms with Crippen LogP contribution in [0.5, 0.6) is 17.2 Å². The number of amides is 1. The second-order valence-electron chi connectivity index (χ2n) is 6.63. The molecule has 1 amide bonds. The first-order chi connectivity index (χ1) is 13.6. The standard InChI is InChI=1S/C21H27N3O4/c1-26-16-7-5-15(6-8-16)17-13-18(24-23-17)21(25)22-11-10-14-4-9-19(27-2)20(12-14)28-3/h4-9,12,17-18,23-24H,10-11,13H2,1-3H3,(H,22,25). The fraction of sp³-hybridized carbons (Fsp3) is 0.381. The third kappa shape index (κ3) is 4.74. The Morgan fingerprint density at radius 1 is 1.00 bits per heavy atom. The first kappa shape index (κ1) is 20.0. The zero-order chi connectivity index (χ0) is 19.9. The Morgan fingerprint density at radius 3 is 2.43 bits per heavy atom. The molecule has 0 radical (unpaired) electrons. The number of rotatable bonds is 8. The largest absolute Gasteiger partial charge is 0.497 e. The molecule has 28 heavy (non-hydrogen) atoms. The van der Waals surface area contributed by atoms with Gasteiger partial charge < -0.3 is 19.5 Å². The molecule has 2 aromatic rings. The van der Waals surface area contributed by atoms with Gasteiger partial charge in [-0.3, -0.25) is 4.79 Å². The van der Waals surface area contributed by atoms with Gasteiger partial charge in [-0.2, -0.15) is 0 Å². The summed E-state index contributed by atoms with van der Waals surface area (Å²) in [6.45, 7) is 0.555. The van der Waals surface area contributed by atoms with Gasteiger partial charge in [0.15, 0.2) is 11.5 Å². The molecular formula is C21H27N3O4. The molecule has 1 saturated heterocycles. The van der Waals surface area contributed by atoms with Gasteiger partial charge in [0.25, 0.3) is 0 Å². The molecule has 3 rings (SSSR count). The zero-order valence-electron chi connectivity index (χ0n) is 16.5. The summed E-state index contributed by atoms with van der Waals surface area (Å²) in [7, 11) is 4.87. The minimum atomic E-state index is -0.266. The summed E-state index contributed by atoms with van der Waals surface area (Å²) >= 11 is 0. The van der Waals surface area contributed by atoms with Gasteiger partial charge in [-0.1, -0.05) is 18.2 Å². The predicted octanol–water partition coefficient (Wildman–Crippen LogP) is 1.98. The summed E-state index contributed by atoms with van der Waals surface area (Å²) in [5.41, 5.74) is 8.48. The fourth-order valence-electron chi connectivity index (χ4n) is 3.27. The van der Waals surface area contributed by atoms with Crippen LogP contribution in [0.4, 0.5) is 0 Å². The molecule has 2 aromatic carbocycles. The van der Waals surface area contributed by atoms with Crippen molar-refractivity contribution in [2.24, 2.45) is 0 Å². The topological polar surface area (TPSA) is 80.9 Å². The lowest BCUT2D eigenvalue weighted by Crippen LogP contribution is -2.43. The maximum absolute atomic E-state index is 12.5. The van der Waals surface area contributed by atoms with E-state index in [1.54, 1.807) is 21.3 Å². The minimum absolute atomic E-state index is 0.0102. The maximum Gasteiger partial charge on any atom is 0.238 e. The lowest BCUT2D eigenvalue weighted by Gasteiger charge is -2.12. The van der Waals surface area contributed by atoms with Crippen molar-refractivity contribution in [2.75, 3.05) is 27.9 Å². The van der Waals surface area contributed by atoms with Gasteiger partial charge in [0.05, 0.1) is 21.3 Å². The molecule has 150 valence electrons. The van der Waals surface area contributed by atoms with Gasteiger partial charge in [0.1, 0.15) is 11.8 Å². The van der Waals surface area contributed by atoms with Crippen molar-refractivity contribution in [3.8, 4) is 17.2 Å². The second kappa shape index (κ2) is 9.43. The second-order valence-corrected chi connectivity index (χ2v) is 6.63. The van der Waals surface area contributed by atoms with Crippen LogP contribution >= 0.6 is 0 Å². The fourth-order valence-corrected chi connectivity index (χ4v) is 3.27. The lowest BCUT2D eigenvalue weighted by molar-refractivity contribution is -0.122. The molecule has 2 atom stereocenters. The number of methoxy groups -OCH3 is 3. The van der Waals surface area contributed by atoms with E-state index in [2.05, 4.69) is 16.2 Å². The van der Waals surface area contributed by atoms with Gasteiger partial charge in [0, 0.05) is 12.6 Å². The van der Waals surface area contributed by atoms with Gasteiger partial charge in [-0.25, -0.2) is 10.9 Å². The molecule has 1 aliphatic heterocycles. The van der Waals surface area contributed by atoms with E-state index in [9.17, 15) is 4.79 Å². The Hall–Kier alpha value is -2.77. The zero-order valence-corrected chi connectivity index (χ0v) is 16.5. The minimum Gasteiger partial charge on any atom is -0.497 e. The Kier molecular flexibility index (Phi) is 6.73. The van der Waals surface area contributed by atoms with E-state index >= 15 is 0 Å². The van der Waals surface area contributed by atoms with Gasteiger partial charge in [-0.05, 0) is 48.2 Å². The molecule has 0 aromatic heterocycles. The van der Waals surface area contributed by atoms with Crippen LogP contribution in [0.2, 0.25) is 0 Å². The number of ether oxygens (including phenoxy) is 3. The Bertz CT molecular complexity index is 795. The van der Waals surface area contributed by atoms with Crippen molar-refractivity contribution in [3.05, 3.63) is 53.6 Å². The monoisotopic (exact) mass is 385 g/mol. The Morgan fingerprint density at radius 2 is 1.75 bits per heavy atom. The predicted molar refractivity (Wildman–Crippen MR) is 107 cm³/mol. The highest BCUT2D eigenvalue weighted by Crippen LogP contribution is 2.27. The SMILES string of the molecule is COc1ccc(C2CC(C(=O)NCCc3ccc(OC)c(OC)c3)NN2)cc1. The van der Waals surface area contributed by atoms with Crippen molar-refractivity contribution in [1.29, 1.82) is 0 Å².